The van der Waals surface area contributed by atoms with Crippen LogP contribution in [0.1, 0.15) is 9.68 Å². The summed E-state index contributed by atoms with van der Waals surface area (Å²) in [5, 5.41) is 0.685. The van der Waals surface area contributed by atoms with Gasteiger partial charge in [-0.25, -0.2) is 4.98 Å². The number of carbonyl (C=O) groups excluding carboxylic acids is 1. The molecule has 34 heavy (non-hydrogen) atoms. The molecule has 5 rings (SSSR count). The molecule has 0 saturated carbocycles. The topological polar surface area (TPSA) is 50.6 Å². The molecule has 6 heteroatoms. The van der Waals surface area contributed by atoms with Gasteiger partial charge in [0.25, 0.3) is 0 Å². The molecule has 0 bridgehead atoms. The van der Waals surface area contributed by atoms with E-state index in [4.69, 9.17) is 8.85 Å². The zero-order valence-electron chi connectivity index (χ0n) is 22.0. The van der Waals surface area contributed by atoms with E-state index in [2.05, 4.69) is 9.88 Å². The number of hydrogen-bond acceptors (Lipinski definition) is 4. The SMILES string of the molecule is [2H]C([2H])([2H])n1c(-c2ccccc2)c(/C=C/C(=O)N2CCN(c3cccc(OC)c3)CC2)c2cccnc21. The lowest BCUT2D eigenvalue weighted by molar-refractivity contribution is -0.126. The first-order valence-electron chi connectivity index (χ1n) is 12.8. The van der Waals surface area contributed by atoms with Gasteiger partial charge in [-0.2, -0.15) is 0 Å². The number of hydrogen-bond donors (Lipinski definition) is 0. The highest BCUT2D eigenvalue weighted by molar-refractivity contribution is 6.00. The van der Waals surface area contributed by atoms with Gasteiger partial charge in [0.05, 0.1) is 12.8 Å². The number of aromatic nitrogens is 2. The van der Waals surface area contributed by atoms with E-state index < -0.39 is 6.98 Å². The second kappa shape index (κ2) is 9.43. The number of piperazine rings is 1. The van der Waals surface area contributed by atoms with Gasteiger partial charge in [0.15, 0.2) is 0 Å². The minimum Gasteiger partial charge on any atom is -0.497 e. The molecule has 6 nitrogen and oxygen atoms in total. The summed E-state index contributed by atoms with van der Waals surface area (Å²) in [5.41, 5.74) is 3.35. The van der Waals surface area contributed by atoms with Gasteiger partial charge in [-0.15, -0.1) is 0 Å². The van der Waals surface area contributed by atoms with Crippen molar-refractivity contribution in [2.75, 3.05) is 38.2 Å². The minimum absolute atomic E-state index is 0.108. The number of methoxy groups -OCH3 is 1. The first-order valence-corrected chi connectivity index (χ1v) is 11.3. The number of nitrogens with zero attached hydrogens (tertiary/aromatic N) is 4. The number of amides is 1. The Kier molecular flexibility index (Phi) is 5.10. The summed E-state index contributed by atoms with van der Waals surface area (Å²) < 4.78 is 31.2. The highest BCUT2D eigenvalue weighted by Gasteiger charge is 2.21. The highest BCUT2D eigenvalue weighted by atomic mass is 16.5. The molecule has 2 aromatic heterocycles. The summed E-state index contributed by atoms with van der Waals surface area (Å²) in [6.45, 7) is 0.161. The summed E-state index contributed by atoms with van der Waals surface area (Å²) in [6.07, 6.45) is 4.85. The highest BCUT2D eigenvalue weighted by Crippen LogP contribution is 2.33. The average Bonchev–Trinajstić information content (AvgIpc) is 3.27. The van der Waals surface area contributed by atoms with Crippen LogP contribution < -0.4 is 9.64 Å². The van der Waals surface area contributed by atoms with Crippen LogP contribution in [0.3, 0.4) is 0 Å². The molecule has 1 fully saturated rings. The van der Waals surface area contributed by atoms with Crippen molar-refractivity contribution >= 4 is 28.7 Å². The van der Waals surface area contributed by atoms with Gasteiger partial charge < -0.3 is 19.1 Å². The van der Waals surface area contributed by atoms with E-state index in [9.17, 15) is 4.79 Å². The van der Waals surface area contributed by atoms with Crippen molar-refractivity contribution in [3.63, 3.8) is 0 Å². The van der Waals surface area contributed by atoms with E-state index in [-0.39, 0.29) is 5.91 Å². The van der Waals surface area contributed by atoms with Crippen LogP contribution in [0.25, 0.3) is 28.4 Å². The number of ether oxygens (including phenoxy) is 1. The Labute approximate surface area is 203 Å². The van der Waals surface area contributed by atoms with Gasteiger partial charge in [-0.1, -0.05) is 36.4 Å². The maximum atomic E-state index is 13.2. The van der Waals surface area contributed by atoms with E-state index in [1.807, 2.05) is 65.6 Å². The van der Waals surface area contributed by atoms with Crippen LogP contribution in [0.15, 0.2) is 79.0 Å². The second-order valence-corrected chi connectivity index (χ2v) is 8.19. The van der Waals surface area contributed by atoms with Gasteiger partial charge in [-0.3, -0.25) is 4.79 Å². The number of pyridine rings is 1. The van der Waals surface area contributed by atoms with Crippen molar-refractivity contribution in [3.8, 4) is 17.0 Å². The third-order valence-electron chi connectivity index (χ3n) is 6.22. The molecule has 1 aliphatic rings. The van der Waals surface area contributed by atoms with Crippen LogP contribution in [-0.2, 0) is 11.8 Å². The summed E-state index contributed by atoms with van der Waals surface area (Å²) in [7, 11) is 1.65. The summed E-state index contributed by atoms with van der Waals surface area (Å²) >= 11 is 0. The number of benzene rings is 2. The van der Waals surface area contributed by atoms with Gasteiger partial charge in [0.2, 0.25) is 5.91 Å². The second-order valence-electron chi connectivity index (χ2n) is 8.19. The van der Waals surface area contributed by atoms with Gasteiger partial charge in [0, 0.05) is 72.2 Å². The Bertz CT molecular complexity index is 1440. The van der Waals surface area contributed by atoms with E-state index in [0.717, 1.165) is 17.0 Å². The molecule has 4 aromatic rings. The molecule has 0 atom stereocenters. The van der Waals surface area contributed by atoms with Crippen molar-refractivity contribution in [2.24, 2.45) is 6.98 Å². The standard InChI is InChI=1S/C28H28N4O2/c1-30-27(21-8-4-3-5-9-21)24(25-12-7-15-29-28(25)30)13-14-26(33)32-18-16-31(17-19-32)22-10-6-11-23(20-22)34-2/h3-15,20H,16-19H2,1-2H3/b14-13+/i1D3. The molecule has 0 spiro atoms. The molecule has 3 heterocycles. The van der Waals surface area contributed by atoms with Crippen LogP contribution in [0.2, 0.25) is 0 Å². The van der Waals surface area contributed by atoms with E-state index in [1.165, 1.54) is 4.57 Å². The Morgan fingerprint density at radius 3 is 2.62 bits per heavy atom. The van der Waals surface area contributed by atoms with Crippen LogP contribution in [0.4, 0.5) is 5.69 Å². The number of aryl methyl sites for hydroxylation is 1. The van der Waals surface area contributed by atoms with E-state index >= 15 is 0 Å². The normalized spacial score (nSPS) is 15.9. The Morgan fingerprint density at radius 1 is 1.03 bits per heavy atom. The van der Waals surface area contributed by atoms with Gasteiger partial charge >= 0.3 is 0 Å². The molecule has 2 aromatic carbocycles. The lowest BCUT2D eigenvalue weighted by atomic mass is 10.1. The third kappa shape index (κ3) is 4.15. The van der Waals surface area contributed by atoms with Crippen molar-refractivity contribution in [1.29, 1.82) is 0 Å². The van der Waals surface area contributed by atoms with Crippen molar-refractivity contribution in [3.05, 3.63) is 84.6 Å². The number of fused-ring (bicyclic) bond motifs is 1. The summed E-state index contributed by atoms with van der Waals surface area (Å²) in [5.74, 6) is 0.696. The zero-order chi connectivity index (χ0) is 26.0. The largest absolute Gasteiger partial charge is 0.497 e. The van der Waals surface area contributed by atoms with Crippen molar-refractivity contribution < 1.29 is 13.6 Å². The minimum atomic E-state index is -2.44. The molecule has 1 amide bonds. The van der Waals surface area contributed by atoms with Crippen molar-refractivity contribution in [2.45, 2.75) is 0 Å². The molecule has 1 aliphatic heterocycles. The van der Waals surface area contributed by atoms with Gasteiger partial charge in [-0.05, 0) is 35.9 Å². The first-order chi connectivity index (χ1) is 17.9. The first kappa shape index (κ1) is 18.4. The zero-order valence-corrected chi connectivity index (χ0v) is 19.0. The lowest BCUT2D eigenvalue weighted by Gasteiger charge is -2.35. The van der Waals surface area contributed by atoms with Crippen LogP contribution in [-0.4, -0.2) is 53.6 Å². The van der Waals surface area contributed by atoms with Crippen LogP contribution in [0, 0.1) is 0 Å². The Morgan fingerprint density at radius 2 is 1.85 bits per heavy atom. The van der Waals surface area contributed by atoms with Crippen LogP contribution in [0.5, 0.6) is 5.75 Å². The monoisotopic (exact) mass is 455 g/mol. The quantitative estimate of drug-likeness (QED) is 0.413. The maximum Gasteiger partial charge on any atom is 0.246 e. The third-order valence-corrected chi connectivity index (χ3v) is 6.22. The predicted molar refractivity (Wildman–Crippen MR) is 137 cm³/mol. The van der Waals surface area contributed by atoms with Crippen molar-refractivity contribution in [1.82, 2.24) is 14.5 Å². The van der Waals surface area contributed by atoms with E-state index in [1.54, 1.807) is 31.5 Å². The Balaban J connectivity index is 1.43. The predicted octanol–water partition coefficient (Wildman–Crippen LogP) is 4.61. The van der Waals surface area contributed by atoms with E-state index in [0.29, 0.717) is 48.5 Å². The molecule has 0 unspecified atom stereocenters. The van der Waals surface area contributed by atoms with Gasteiger partial charge in [0.1, 0.15) is 11.4 Å². The fourth-order valence-electron chi connectivity index (χ4n) is 4.44. The number of anilines is 1. The fourth-order valence-corrected chi connectivity index (χ4v) is 4.44. The molecule has 1 saturated heterocycles. The molecular formula is C28H28N4O2. The average molecular weight is 456 g/mol. The lowest BCUT2D eigenvalue weighted by Crippen LogP contribution is -2.48. The fraction of sp³-hybridized carbons (Fsp3) is 0.214. The molecule has 172 valence electrons. The molecule has 0 radical (unpaired) electrons. The summed E-state index contributed by atoms with van der Waals surface area (Å²) in [6, 6.07) is 20.9. The smallest absolute Gasteiger partial charge is 0.246 e. The number of rotatable bonds is 5. The summed E-state index contributed by atoms with van der Waals surface area (Å²) in [4.78, 5) is 21.6. The molecule has 0 aliphatic carbocycles. The number of carbonyl (C=O) groups is 1. The van der Waals surface area contributed by atoms with Crippen LogP contribution >= 0.6 is 0 Å². The molecular weight excluding hydrogens is 424 g/mol. The Hall–Kier alpha value is -4.06. The maximum absolute atomic E-state index is 13.2. The molecule has 0 N–H and O–H groups in total.